The van der Waals surface area contributed by atoms with Crippen molar-refractivity contribution < 1.29 is 13.2 Å². The molecule has 0 amide bonds. The van der Waals surface area contributed by atoms with Gasteiger partial charge in [-0.15, -0.1) is 0 Å². The topological polar surface area (TPSA) is 50.9 Å². The molecular weight excluding hydrogens is 323 g/mol. The quantitative estimate of drug-likeness (QED) is 0.867. The fourth-order valence-corrected chi connectivity index (χ4v) is 1.81. The number of benzene rings is 1. The zero-order chi connectivity index (χ0) is 14.0. The summed E-state index contributed by atoms with van der Waals surface area (Å²) in [6.07, 6.45) is -2.89. The average Bonchev–Trinajstić information content (AvgIpc) is 2.33. The van der Waals surface area contributed by atoms with E-state index in [1.165, 1.54) is 12.3 Å². The minimum absolute atomic E-state index is 0.215. The third-order valence-corrected chi connectivity index (χ3v) is 3.09. The van der Waals surface area contributed by atoms with Gasteiger partial charge in [0.15, 0.2) is 0 Å². The van der Waals surface area contributed by atoms with Crippen LogP contribution in [-0.2, 0) is 6.18 Å². The molecule has 0 atom stereocenters. The van der Waals surface area contributed by atoms with Crippen LogP contribution in [0.1, 0.15) is 5.56 Å². The number of halogens is 4. The highest BCUT2D eigenvalue weighted by atomic mass is 79.9. The first-order valence-corrected chi connectivity index (χ1v) is 6.01. The van der Waals surface area contributed by atoms with E-state index in [-0.39, 0.29) is 11.5 Å². The molecule has 1 heterocycles. The van der Waals surface area contributed by atoms with Gasteiger partial charge in [-0.1, -0.05) is 0 Å². The van der Waals surface area contributed by atoms with Gasteiger partial charge < -0.3 is 11.1 Å². The second-order valence-corrected chi connectivity index (χ2v) is 4.61. The lowest BCUT2D eigenvalue weighted by Crippen LogP contribution is -2.06. The summed E-state index contributed by atoms with van der Waals surface area (Å²) in [6.45, 7) is 0. The zero-order valence-corrected chi connectivity index (χ0v) is 11.1. The molecule has 0 aliphatic carbocycles. The lowest BCUT2D eigenvalue weighted by molar-refractivity contribution is -0.137. The number of hydrogen-bond donors (Lipinski definition) is 2. The largest absolute Gasteiger partial charge is 0.416 e. The van der Waals surface area contributed by atoms with Crippen molar-refractivity contribution in [2.24, 2.45) is 0 Å². The monoisotopic (exact) mass is 331 g/mol. The zero-order valence-electron chi connectivity index (χ0n) is 9.50. The van der Waals surface area contributed by atoms with Crippen molar-refractivity contribution in [2.45, 2.75) is 6.18 Å². The Morgan fingerprint density at radius 3 is 2.53 bits per heavy atom. The first-order valence-electron chi connectivity index (χ1n) is 5.22. The Morgan fingerprint density at radius 1 is 1.16 bits per heavy atom. The Hall–Kier alpha value is -1.76. The molecule has 2 aromatic rings. The summed E-state index contributed by atoms with van der Waals surface area (Å²) in [4.78, 5) is 3.85. The molecular formula is C12H9BrF3N3. The van der Waals surface area contributed by atoms with Gasteiger partial charge in [-0.2, -0.15) is 13.2 Å². The highest BCUT2D eigenvalue weighted by Crippen LogP contribution is 2.35. The number of hydrogen-bond acceptors (Lipinski definition) is 3. The normalized spacial score (nSPS) is 11.4. The molecule has 0 bridgehead atoms. The maximum atomic E-state index is 12.6. The minimum Gasteiger partial charge on any atom is -0.382 e. The molecule has 0 aliphatic rings. The van der Waals surface area contributed by atoms with Crippen molar-refractivity contribution >= 4 is 33.1 Å². The van der Waals surface area contributed by atoms with E-state index < -0.39 is 11.7 Å². The van der Waals surface area contributed by atoms with E-state index in [0.717, 1.165) is 12.1 Å². The van der Waals surface area contributed by atoms with Crippen LogP contribution in [0.3, 0.4) is 0 Å². The Balaban J connectivity index is 2.38. The Kier molecular flexibility index (Phi) is 3.66. The van der Waals surface area contributed by atoms with Gasteiger partial charge >= 0.3 is 6.18 Å². The van der Waals surface area contributed by atoms with Crippen LogP contribution >= 0.6 is 15.9 Å². The SMILES string of the molecule is Nc1ncccc1Nc1cc(C(F)(F)F)ccc1Br. The van der Waals surface area contributed by atoms with Gasteiger partial charge in [-0.25, -0.2) is 4.98 Å². The minimum atomic E-state index is -4.39. The maximum absolute atomic E-state index is 12.6. The summed E-state index contributed by atoms with van der Waals surface area (Å²) >= 11 is 3.19. The molecule has 0 saturated carbocycles. The number of anilines is 3. The molecule has 0 radical (unpaired) electrons. The lowest BCUT2D eigenvalue weighted by atomic mass is 10.2. The third-order valence-electron chi connectivity index (χ3n) is 2.40. The number of nitrogen functional groups attached to an aromatic ring is 1. The Morgan fingerprint density at radius 2 is 1.89 bits per heavy atom. The van der Waals surface area contributed by atoms with Gasteiger partial charge in [0, 0.05) is 10.7 Å². The first kappa shape index (κ1) is 13.7. The summed E-state index contributed by atoms with van der Waals surface area (Å²) in [5.41, 5.74) is 5.62. The number of rotatable bonds is 2. The number of pyridine rings is 1. The fourth-order valence-electron chi connectivity index (χ4n) is 1.47. The van der Waals surface area contributed by atoms with Crippen molar-refractivity contribution in [3.05, 3.63) is 46.6 Å². The van der Waals surface area contributed by atoms with Gasteiger partial charge in [0.05, 0.1) is 16.9 Å². The molecule has 0 spiro atoms. The molecule has 100 valence electrons. The van der Waals surface area contributed by atoms with Crippen molar-refractivity contribution in [3.63, 3.8) is 0 Å². The molecule has 0 aliphatic heterocycles. The van der Waals surface area contributed by atoms with Gasteiger partial charge in [0.1, 0.15) is 5.82 Å². The Labute approximate surface area is 115 Å². The van der Waals surface area contributed by atoms with Gasteiger partial charge in [-0.3, -0.25) is 0 Å². The van der Waals surface area contributed by atoms with Crippen LogP contribution in [0.15, 0.2) is 41.0 Å². The number of nitrogens with zero attached hydrogens (tertiary/aromatic N) is 1. The number of nitrogens with one attached hydrogen (secondary N) is 1. The predicted octanol–water partition coefficient (Wildman–Crippen LogP) is 4.19. The van der Waals surface area contributed by atoms with Crippen LogP contribution in [0, 0.1) is 0 Å². The highest BCUT2D eigenvalue weighted by Gasteiger charge is 2.30. The van der Waals surface area contributed by atoms with Crippen LogP contribution < -0.4 is 11.1 Å². The summed E-state index contributed by atoms with van der Waals surface area (Å²) < 4.78 is 38.4. The van der Waals surface area contributed by atoms with Gasteiger partial charge in [0.25, 0.3) is 0 Å². The summed E-state index contributed by atoms with van der Waals surface area (Å²) in [7, 11) is 0. The summed E-state index contributed by atoms with van der Waals surface area (Å²) in [6, 6.07) is 6.62. The standard InChI is InChI=1S/C12H9BrF3N3/c13-8-4-3-7(12(14,15)16)6-10(8)19-9-2-1-5-18-11(9)17/h1-6,19H,(H2,17,18). The van der Waals surface area contributed by atoms with Crippen molar-refractivity contribution in [3.8, 4) is 0 Å². The van der Waals surface area contributed by atoms with Crippen LogP contribution in [0.25, 0.3) is 0 Å². The first-order chi connectivity index (χ1) is 8.88. The molecule has 3 nitrogen and oxygen atoms in total. The fraction of sp³-hybridized carbons (Fsp3) is 0.0833. The number of alkyl halides is 3. The van der Waals surface area contributed by atoms with E-state index >= 15 is 0 Å². The molecule has 1 aromatic heterocycles. The molecule has 0 unspecified atom stereocenters. The van der Waals surface area contributed by atoms with Gasteiger partial charge in [0.2, 0.25) is 0 Å². The lowest BCUT2D eigenvalue weighted by Gasteiger charge is -2.13. The van der Waals surface area contributed by atoms with Crippen molar-refractivity contribution in [2.75, 3.05) is 11.1 Å². The van der Waals surface area contributed by atoms with Crippen LogP contribution in [0.4, 0.5) is 30.4 Å². The molecule has 3 N–H and O–H groups in total. The van der Waals surface area contributed by atoms with E-state index in [1.807, 2.05) is 0 Å². The maximum Gasteiger partial charge on any atom is 0.416 e. The van der Waals surface area contributed by atoms with Gasteiger partial charge in [-0.05, 0) is 46.3 Å². The van der Waals surface area contributed by atoms with Crippen molar-refractivity contribution in [1.29, 1.82) is 0 Å². The third kappa shape index (κ3) is 3.17. The van der Waals surface area contributed by atoms with Crippen LogP contribution in [0.2, 0.25) is 0 Å². The predicted molar refractivity (Wildman–Crippen MR) is 71.1 cm³/mol. The molecule has 19 heavy (non-hydrogen) atoms. The average molecular weight is 332 g/mol. The van der Waals surface area contributed by atoms with E-state index in [0.29, 0.717) is 10.2 Å². The molecule has 0 fully saturated rings. The van der Waals surface area contributed by atoms with Crippen LogP contribution in [-0.4, -0.2) is 4.98 Å². The Bertz CT molecular complexity index is 599. The van der Waals surface area contributed by atoms with Crippen LogP contribution in [0.5, 0.6) is 0 Å². The van der Waals surface area contributed by atoms with E-state index in [2.05, 4.69) is 26.2 Å². The molecule has 7 heteroatoms. The number of aromatic nitrogens is 1. The second kappa shape index (κ2) is 5.08. The second-order valence-electron chi connectivity index (χ2n) is 3.75. The molecule has 0 saturated heterocycles. The van der Waals surface area contributed by atoms with Crippen molar-refractivity contribution in [1.82, 2.24) is 4.98 Å². The van der Waals surface area contributed by atoms with E-state index in [4.69, 9.17) is 5.73 Å². The summed E-state index contributed by atoms with van der Waals surface area (Å²) in [5.74, 6) is 0.215. The summed E-state index contributed by atoms with van der Waals surface area (Å²) in [5, 5.41) is 2.82. The molecule has 2 rings (SSSR count). The van der Waals surface area contributed by atoms with E-state index in [1.54, 1.807) is 12.1 Å². The highest BCUT2D eigenvalue weighted by molar-refractivity contribution is 9.10. The van der Waals surface area contributed by atoms with E-state index in [9.17, 15) is 13.2 Å². The number of nitrogens with two attached hydrogens (primary N) is 1. The smallest absolute Gasteiger partial charge is 0.382 e. The molecule has 1 aromatic carbocycles.